The number of ether oxygens (including phenoxy) is 3. The number of benzene rings is 2. The van der Waals surface area contributed by atoms with E-state index in [9.17, 15) is 10.2 Å². The van der Waals surface area contributed by atoms with Gasteiger partial charge >= 0.3 is 0 Å². The lowest BCUT2D eigenvalue weighted by Gasteiger charge is -2.37. The van der Waals surface area contributed by atoms with Gasteiger partial charge < -0.3 is 24.4 Å². The first-order valence-corrected chi connectivity index (χ1v) is 10.2. The van der Waals surface area contributed by atoms with Crippen LogP contribution in [0.1, 0.15) is 41.1 Å². The van der Waals surface area contributed by atoms with E-state index >= 15 is 0 Å². The minimum atomic E-state index is -0.438. The SMILES string of the molecule is COc1ccc(CCC(O)CC2c3c(cc4c(c3CO)OCO4)CCN2C)cc1. The number of fused-ring (bicyclic) bond motifs is 2. The van der Waals surface area contributed by atoms with Crippen LogP contribution in [0.25, 0.3) is 0 Å². The van der Waals surface area contributed by atoms with E-state index in [1.807, 2.05) is 30.3 Å². The highest BCUT2D eigenvalue weighted by atomic mass is 16.7. The van der Waals surface area contributed by atoms with Crippen LogP contribution in [0.15, 0.2) is 30.3 Å². The van der Waals surface area contributed by atoms with Crippen LogP contribution in [-0.4, -0.2) is 48.7 Å². The summed E-state index contributed by atoms with van der Waals surface area (Å²) in [6.45, 7) is 1.00. The highest BCUT2D eigenvalue weighted by molar-refractivity contribution is 5.57. The maximum absolute atomic E-state index is 10.8. The second-order valence-electron chi connectivity index (χ2n) is 7.84. The number of aliphatic hydroxyl groups excluding tert-OH is 2. The number of likely N-dealkylation sites (N-methyl/N-ethyl adjacent to an activating group) is 1. The summed E-state index contributed by atoms with van der Waals surface area (Å²) in [5.41, 5.74) is 4.26. The third-order valence-electron chi connectivity index (χ3n) is 6.07. The number of nitrogens with zero attached hydrogens (tertiary/aromatic N) is 1. The molecule has 2 aliphatic heterocycles. The average Bonchev–Trinajstić information content (AvgIpc) is 3.21. The Morgan fingerprint density at radius 2 is 2.03 bits per heavy atom. The molecule has 2 N–H and O–H groups in total. The molecule has 0 aliphatic carbocycles. The summed E-state index contributed by atoms with van der Waals surface area (Å²) < 4.78 is 16.4. The molecule has 0 saturated carbocycles. The second-order valence-corrected chi connectivity index (χ2v) is 7.84. The van der Waals surface area contributed by atoms with Crippen LogP contribution in [0.4, 0.5) is 0 Å². The van der Waals surface area contributed by atoms with E-state index in [4.69, 9.17) is 14.2 Å². The summed E-state index contributed by atoms with van der Waals surface area (Å²) in [4.78, 5) is 2.26. The molecule has 156 valence electrons. The molecule has 0 spiro atoms. The summed E-state index contributed by atoms with van der Waals surface area (Å²) in [6.07, 6.45) is 2.57. The zero-order chi connectivity index (χ0) is 20.4. The van der Waals surface area contributed by atoms with Gasteiger partial charge in [-0.15, -0.1) is 0 Å². The van der Waals surface area contributed by atoms with E-state index in [0.717, 1.165) is 42.0 Å². The van der Waals surface area contributed by atoms with Crippen molar-refractivity contribution in [3.63, 3.8) is 0 Å². The van der Waals surface area contributed by atoms with Crippen molar-refractivity contribution in [2.24, 2.45) is 0 Å². The van der Waals surface area contributed by atoms with Crippen LogP contribution in [0.3, 0.4) is 0 Å². The van der Waals surface area contributed by atoms with E-state index in [1.54, 1.807) is 7.11 Å². The maximum Gasteiger partial charge on any atom is 0.231 e. The molecule has 2 atom stereocenters. The fraction of sp³-hybridized carbons (Fsp3) is 0.478. The zero-order valence-corrected chi connectivity index (χ0v) is 17.1. The van der Waals surface area contributed by atoms with Gasteiger partial charge in [0.15, 0.2) is 11.5 Å². The van der Waals surface area contributed by atoms with E-state index in [1.165, 1.54) is 11.1 Å². The Bertz CT molecular complexity index is 851. The lowest BCUT2D eigenvalue weighted by Crippen LogP contribution is -2.35. The molecule has 2 aromatic rings. The minimum absolute atomic E-state index is 0.0428. The molecule has 0 saturated heterocycles. The summed E-state index contributed by atoms with van der Waals surface area (Å²) in [7, 11) is 3.74. The topological polar surface area (TPSA) is 71.4 Å². The van der Waals surface area contributed by atoms with E-state index < -0.39 is 6.10 Å². The Morgan fingerprint density at radius 3 is 2.76 bits per heavy atom. The first-order valence-electron chi connectivity index (χ1n) is 10.2. The normalized spacial score (nSPS) is 19.1. The first-order chi connectivity index (χ1) is 14.1. The second kappa shape index (κ2) is 8.61. The van der Waals surface area contributed by atoms with Crippen molar-refractivity contribution >= 4 is 0 Å². The summed E-state index contributed by atoms with van der Waals surface area (Å²) >= 11 is 0. The molecule has 0 amide bonds. The Balaban J connectivity index is 1.50. The van der Waals surface area contributed by atoms with E-state index in [0.29, 0.717) is 18.6 Å². The maximum atomic E-state index is 10.8. The molecule has 6 heteroatoms. The van der Waals surface area contributed by atoms with Gasteiger partial charge in [-0.2, -0.15) is 0 Å². The molecule has 6 nitrogen and oxygen atoms in total. The first kappa shape index (κ1) is 20.0. The molecule has 2 heterocycles. The van der Waals surface area contributed by atoms with Gasteiger partial charge in [-0.3, -0.25) is 4.90 Å². The fourth-order valence-corrected chi connectivity index (χ4v) is 4.43. The highest BCUT2D eigenvalue weighted by Crippen LogP contribution is 2.45. The number of methoxy groups -OCH3 is 1. The number of hydrogen-bond acceptors (Lipinski definition) is 6. The van der Waals surface area contributed by atoms with Crippen molar-refractivity contribution in [3.05, 3.63) is 52.6 Å². The molecule has 29 heavy (non-hydrogen) atoms. The summed E-state index contributed by atoms with van der Waals surface area (Å²) in [5.74, 6) is 2.21. The van der Waals surface area contributed by atoms with Crippen LogP contribution in [0.5, 0.6) is 17.2 Å². The van der Waals surface area contributed by atoms with Crippen LogP contribution in [0.2, 0.25) is 0 Å². The molecule has 4 rings (SSSR count). The van der Waals surface area contributed by atoms with Crippen molar-refractivity contribution in [1.82, 2.24) is 4.90 Å². The number of hydrogen-bond donors (Lipinski definition) is 2. The van der Waals surface area contributed by atoms with Crippen molar-refractivity contribution < 1.29 is 24.4 Å². The van der Waals surface area contributed by atoms with E-state index in [2.05, 4.69) is 11.9 Å². The van der Waals surface area contributed by atoms with Crippen LogP contribution in [-0.2, 0) is 19.4 Å². The molecule has 0 aromatic heterocycles. The van der Waals surface area contributed by atoms with Crippen molar-refractivity contribution in [1.29, 1.82) is 0 Å². The van der Waals surface area contributed by atoms with Gasteiger partial charge in [0.1, 0.15) is 5.75 Å². The number of aliphatic hydroxyl groups is 2. The number of rotatable bonds is 7. The molecule has 0 bridgehead atoms. The van der Waals surface area contributed by atoms with Gasteiger partial charge in [-0.1, -0.05) is 12.1 Å². The molecule has 0 radical (unpaired) electrons. The summed E-state index contributed by atoms with van der Waals surface area (Å²) in [5, 5.41) is 20.9. The van der Waals surface area contributed by atoms with Crippen molar-refractivity contribution in [2.75, 3.05) is 27.5 Å². The van der Waals surface area contributed by atoms with E-state index in [-0.39, 0.29) is 19.4 Å². The predicted octanol–water partition coefficient (Wildman–Crippen LogP) is 2.83. The smallest absolute Gasteiger partial charge is 0.231 e. The third-order valence-corrected chi connectivity index (χ3v) is 6.07. The monoisotopic (exact) mass is 399 g/mol. The van der Waals surface area contributed by atoms with Gasteiger partial charge in [0, 0.05) is 18.2 Å². The Kier molecular flexibility index (Phi) is 5.94. The molecule has 2 unspecified atom stereocenters. The van der Waals surface area contributed by atoms with Gasteiger partial charge in [0.25, 0.3) is 0 Å². The number of aryl methyl sites for hydroxylation is 1. The largest absolute Gasteiger partial charge is 0.497 e. The quantitative estimate of drug-likeness (QED) is 0.746. The van der Waals surface area contributed by atoms with Crippen LogP contribution < -0.4 is 14.2 Å². The highest BCUT2D eigenvalue weighted by Gasteiger charge is 2.33. The lowest BCUT2D eigenvalue weighted by atomic mass is 9.85. The molecule has 2 aliphatic rings. The van der Waals surface area contributed by atoms with Gasteiger partial charge in [-0.25, -0.2) is 0 Å². The molecule has 0 fully saturated rings. The average molecular weight is 399 g/mol. The fourth-order valence-electron chi connectivity index (χ4n) is 4.43. The lowest BCUT2D eigenvalue weighted by molar-refractivity contribution is 0.101. The van der Waals surface area contributed by atoms with Crippen LogP contribution in [0, 0.1) is 0 Å². The Hall–Kier alpha value is -2.28. The van der Waals surface area contributed by atoms with Crippen molar-refractivity contribution in [3.8, 4) is 17.2 Å². The van der Waals surface area contributed by atoms with Crippen molar-refractivity contribution in [2.45, 2.75) is 44.4 Å². The van der Waals surface area contributed by atoms with Gasteiger partial charge in [0.05, 0.1) is 19.8 Å². The molecule has 2 aromatic carbocycles. The standard InChI is InChI=1S/C23H29NO5/c1-24-10-9-16-11-21-23(29-14-28-21)19(13-25)22(16)20(24)12-17(26)6-3-15-4-7-18(27-2)8-5-15/h4-5,7-8,11,17,20,25-26H,3,6,9-10,12-14H2,1-2H3. The third kappa shape index (κ3) is 4.06. The Morgan fingerprint density at radius 1 is 1.24 bits per heavy atom. The van der Waals surface area contributed by atoms with Crippen LogP contribution >= 0.6 is 0 Å². The Labute approximate surface area is 171 Å². The summed E-state index contributed by atoms with van der Waals surface area (Å²) in [6, 6.07) is 10.1. The molecular formula is C23H29NO5. The molecular weight excluding hydrogens is 370 g/mol. The van der Waals surface area contributed by atoms with Gasteiger partial charge in [-0.05, 0) is 67.6 Å². The van der Waals surface area contributed by atoms with Gasteiger partial charge in [0.2, 0.25) is 6.79 Å². The predicted molar refractivity (Wildman–Crippen MR) is 110 cm³/mol. The zero-order valence-electron chi connectivity index (χ0n) is 17.1. The minimum Gasteiger partial charge on any atom is -0.497 e.